The van der Waals surface area contributed by atoms with Crippen molar-refractivity contribution >= 4 is 17.9 Å². The number of hydrogen-bond acceptors (Lipinski definition) is 6. The summed E-state index contributed by atoms with van der Waals surface area (Å²) in [5.74, 6) is -0.980. The number of carbonyl (C=O) groups is 3. The molecular formula is C59H98O6. The van der Waals surface area contributed by atoms with Gasteiger partial charge in [0.05, 0.1) is 0 Å². The summed E-state index contributed by atoms with van der Waals surface area (Å²) >= 11 is 0. The van der Waals surface area contributed by atoms with E-state index in [0.717, 1.165) is 116 Å². The Hall–Kier alpha value is -3.67. The van der Waals surface area contributed by atoms with Crippen molar-refractivity contribution in [2.75, 3.05) is 13.2 Å². The van der Waals surface area contributed by atoms with Crippen molar-refractivity contribution in [2.24, 2.45) is 0 Å². The maximum Gasteiger partial charge on any atom is 0.306 e. The van der Waals surface area contributed by atoms with Crippen molar-refractivity contribution in [3.63, 3.8) is 0 Å². The number of esters is 3. The van der Waals surface area contributed by atoms with Crippen LogP contribution in [0.5, 0.6) is 0 Å². The maximum atomic E-state index is 12.8. The van der Waals surface area contributed by atoms with E-state index in [1.54, 1.807) is 0 Å². The monoisotopic (exact) mass is 903 g/mol. The third-order valence-corrected chi connectivity index (χ3v) is 11.0. The number of allylic oxidation sites excluding steroid dienone is 16. The van der Waals surface area contributed by atoms with Crippen LogP contribution in [0.4, 0.5) is 0 Å². The minimum atomic E-state index is -0.813. The average Bonchev–Trinajstić information content (AvgIpc) is 3.30. The van der Waals surface area contributed by atoms with Gasteiger partial charge in [-0.2, -0.15) is 0 Å². The quantitative estimate of drug-likeness (QED) is 0.0262. The van der Waals surface area contributed by atoms with Crippen LogP contribution in [0.15, 0.2) is 97.2 Å². The minimum absolute atomic E-state index is 0.107. The lowest BCUT2D eigenvalue weighted by Gasteiger charge is -2.18. The SMILES string of the molecule is CC/C=C\C/C=C\C/C=C\C/C=C\CCCCC(=O)O[C@@H](COC(=O)CCCCCC/C=C\C/C=C\C/C=C\CCCCC)COC(=O)CCCCCCC/C=C\CCCCCCCC. The first-order chi connectivity index (χ1) is 32.0. The van der Waals surface area contributed by atoms with E-state index in [1.165, 1.54) is 77.0 Å². The predicted octanol–water partition coefficient (Wildman–Crippen LogP) is 17.8. The molecule has 65 heavy (non-hydrogen) atoms. The lowest BCUT2D eigenvalue weighted by atomic mass is 10.1. The van der Waals surface area contributed by atoms with Gasteiger partial charge in [0.1, 0.15) is 13.2 Å². The van der Waals surface area contributed by atoms with Crippen LogP contribution in [0.3, 0.4) is 0 Å². The first-order valence-electron chi connectivity index (χ1n) is 26.7. The molecule has 0 aromatic rings. The normalized spacial score (nSPS) is 12.8. The van der Waals surface area contributed by atoms with E-state index in [1.807, 2.05) is 0 Å². The molecular weight excluding hydrogens is 805 g/mol. The van der Waals surface area contributed by atoms with Gasteiger partial charge in [-0.3, -0.25) is 14.4 Å². The van der Waals surface area contributed by atoms with Crippen LogP contribution in [0, 0.1) is 0 Å². The molecule has 370 valence electrons. The number of hydrogen-bond donors (Lipinski definition) is 0. The zero-order valence-electron chi connectivity index (χ0n) is 42.2. The van der Waals surface area contributed by atoms with E-state index in [-0.39, 0.29) is 37.5 Å². The molecule has 6 heteroatoms. The molecule has 1 atom stereocenters. The Morgan fingerprint density at radius 3 is 1.02 bits per heavy atom. The molecule has 0 unspecified atom stereocenters. The van der Waals surface area contributed by atoms with E-state index < -0.39 is 6.10 Å². The van der Waals surface area contributed by atoms with E-state index in [9.17, 15) is 14.4 Å². The van der Waals surface area contributed by atoms with Crippen molar-refractivity contribution < 1.29 is 28.6 Å². The Morgan fingerprint density at radius 1 is 0.323 bits per heavy atom. The second-order valence-electron chi connectivity index (χ2n) is 17.4. The van der Waals surface area contributed by atoms with E-state index in [0.29, 0.717) is 19.3 Å². The van der Waals surface area contributed by atoms with Gasteiger partial charge in [-0.05, 0) is 122 Å². The van der Waals surface area contributed by atoms with Crippen LogP contribution in [-0.4, -0.2) is 37.2 Å². The molecule has 0 heterocycles. The Labute approximate surface area is 400 Å². The summed E-state index contributed by atoms with van der Waals surface area (Å²) in [6.07, 6.45) is 69.6. The molecule has 6 nitrogen and oxygen atoms in total. The standard InChI is InChI=1S/C59H98O6/c1-4-7-10-13-16-19-22-25-28-29-32-34-37-40-43-46-49-52-58(61)64-55-56(65-59(62)53-50-47-44-41-38-35-31-27-24-21-18-15-12-9-6-3)54-63-57(60)51-48-45-42-39-36-33-30-26-23-20-17-14-11-8-5-2/h9,12,16,18-19,21,25-28,30-32,34,38,41,56H,4-8,10-11,13-15,17,20,22-24,29,33,35-37,39-40,42-55H2,1-3H3/b12-9-,19-16-,21-18-,28-25-,30-26-,31-27-,34-32-,41-38-/t56-/m1/s1. The summed E-state index contributed by atoms with van der Waals surface area (Å²) in [5, 5.41) is 0. The molecule has 0 fully saturated rings. The second-order valence-corrected chi connectivity index (χ2v) is 17.4. The molecule has 0 aliphatic rings. The molecule has 0 saturated heterocycles. The molecule has 0 radical (unpaired) electrons. The zero-order chi connectivity index (χ0) is 47.2. The highest BCUT2D eigenvalue weighted by Crippen LogP contribution is 2.13. The lowest BCUT2D eigenvalue weighted by Crippen LogP contribution is -2.30. The molecule has 0 aromatic heterocycles. The third-order valence-electron chi connectivity index (χ3n) is 11.0. The van der Waals surface area contributed by atoms with Crippen LogP contribution in [0.1, 0.15) is 239 Å². The summed E-state index contributed by atoms with van der Waals surface area (Å²) in [7, 11) is 0. The van der Waals surface area contributed by atoms with Crippen molar-refractivity contribution in [1.29, 1.82) is 0 Å². The molecule has 0 saturated carbocycles. The second kappa shape index (κ2) is 52.9. The van der Waals surface area contributed by atoms with E-state index in [4.69, 9.17) is 14.2 Å². The molecule has 0 aliphatic carbocycles. The smallest absolute Gasteiger partial charge is 0.306 e. The van der Waals surface area contributed by atoms with Crippen molar-refractivity contribution in [3.05, 3.63) is 97.2 Å². The first kappa shape index (κ1) is 61.3. The Morgan fingerprint density at radius 2 is 0.600 bits per heavy atom. The molecule has 0 rings (SSSR count). The highest BCUT2D eigenvalue weighted by atomic mass is 16.6. The number of unbranched alkanes of at least 4 members (excludes halogenated alkanes) is 20. The van der Waals surface area contributed by atoms with Gasteiger partial charge in [-0.15, -0.1) is 0 Å². The van der Waals surface area contributed by atoms with Gasteiger partial charge in [0.25, 0.3) is 0 Å². The van der Waals surface area contributed by atoms with Gasteiger partial charge < -0.3 is 14.2 Å². The Bertz CT molecular complexity index is 1310. The van der Waals surface area contributed by atoms with Crippen molar-refractivity contribution in [1.82, 2.24) is 0 Å². The molecule has 0 N–H and O–H groups in total. The molecule has 0 amide bonds. The number of rotatable bonds is 47. The van der Waals surface area contributed by atoms with Gasteiger partial charge in [0.2, 0.25) is 0 Å². The van der Waals surface area contributed by atoms with Crippen LogP contribution >= 0.6 is 0 Å². The fourth-order valence-corrected chi connectivity index (χ4v) is 7.02. The summed E-state index contributed by atoms with van der Waals surface area (Å²) in [6.45, 7) is 6.42. The van der Waals surface area contributed by atoms with Gasteiger partial charge in [-0.25, -0.2) is 0 Å². The molecule has 0 aromatic carbocycles. The molecule has 0 aliphatic heterocycles. The average molecular weight is 903 g/mol. The fraction of sp³-hybridized carbons (Fsp3) is 0.678. The molecule has 0 spiro atoms. The largest absolute Gasteiger partial charge is 0.462 e. The van der Waals surface area contributed by atoms with Crippen LogP contribution in [-0.2, 0) is 28.6 Å². The minimum Gasteiger partial charge on any atom is -0.462 e. The number of ether oxygens (including phenoxy) is 3. The molecule has 0 bridgehead atoms. The zero-order valence-corrected chi connectivity index (χ0v) is 42.2. The van der Waals surface area contributed by atoms with Gasteiger partial charge >= 0.3 is 17.9 Å². The number of carbonyl (C=O) groups excluding carboxylic acids is 3. The van der Waals surface area contributed by atoms with E-state index >= 15 is 0 Å². The van der Waals surface area contributed by atoms with Crippen LogP contribution < -0.4 is 0 Å². The van der Waals surface area contributed by atoms with Gasteiger partial charge in [0, 0.05) is 19.3 Å². The third kappa shape index (κ3) is 51.2. The summed E-state index contributed by atoms with van der Waals surface area (Å²) < 4.78 is 16.8. The van der Waals surface area contributed by atoms with Crippen LogP contribution in [0.25, 0.3) is 0 Å². The topological polar surface area (TPSA) is 78.9 Å². The Balaban J connectivity index is 4.51. The highest BCUT2D eigenvalue weighted by Gasteiger charge is 2.19. The van der Waals surface area contributed by atoms with Gasteiger partial charge in [-0.1, -0.05) is 195 Å². The lowest BCUT2D eigenvalue weighted by molar-refractivity contribution is -0.167. The summed E-state index contributed by atoms with van der Waals surface area (Å²) in [5.41, 5.74) is 0. The highest BCUT2D eigenvalue weighted by molar-refractivity contribution is 5.71. The van der Waals surface area contributed by atoms with Crippen molar-refractivity contribution in [2.45, 2.75) is 245 Å². The predicted molar refractivity (Wildman–Crippen MR) is 279 cm³/mol. The summed E-state index contributed by atoms with van der Waals surface area (Å²) in [6, 6.07) is 0. The van der Waals surface area contributed by atoms with Crippen molar-refractivity contribution in [3.8, 4) is 0 Å². The fourth-order valence-electron chi connectivity index (χ4n) is 7.02. The van der Waals surface area contributed by atoms with E-state index in [2.05, 4.69) is 118 Å². The first-order valence-corrected chi connectivity index (χ1v) is 26.7. The van der Waals surface area contributed by atoms with Crippen LogP contribution in [0.2, 0.25) is 0 Å². The Kier molecular flexibility index (Phi) is 50.0. The van der Waals surface area contributed by atoms with Gasteiger partial charge in [0.15, 0.2) is 6.10 Å². The maximum absolute atomic E-state index is 12.8. The summed E-state index contributed by atoms with van der Waals surface area (Å²) in [4.78, 5) is 38.0.